The summed E-state index contributed by atoms with van der Waals surface area (Å²) < 4.78 is 5.31. The normalized spacial score (nSPS) is 18.1. The van der Waals surface area contributed by atoms with Gasteiger partial charge in [-0.05, 0) is 17.7 Å². The number of amides is 2. The molecule has 1 aliphatic rings. The Hall–Kier alpha value is -2.21. The lowest BCUT2D eigenvalue weighted by molar-refractivity contribution is -0.145. The molecule has 1 saturated heterocycles. The van der Waals surface area contributed by atoms with Crippen molar-refractivity contribution in [3.05, 3.63) is 60.1 Å². The van der Waals surface area contributed by atoms with Crippen molar-refractivity contribution >= 4 is 23.6 Å². The average molecular weight is 330 g/mol. The molecular formula is C17H18N2O3S. The van der Waals surface area contributed by atoms with Gasteiger partial charge in [0.1, 0.15) is 11.8 Å². The van der Waals surface area contributed by atoms with Gasteiger partial charge in [-0.15, -0.1) is 0 Å². The van der Waals surface area contributed by atoms with E-state index in [1.165, 1.54) is 5.56 Å². The first-order valence-electron chi connectivity index (χ1n) is 7.45. The van der Waals surface area contributed by atoms with Gasteiger partial charge in [-0.3, -0.25) is 9.59 Å². The number of nitrogens with zero attached hydrogens (tertiary/aromatic N) is 1. The van der Waals surface area contributed by atoms with Gasteiger partial charge in [0.2, 0.25) is 11.8 Å². The van der Waals surface area contributed by atoms with Gasteiger partial charge in [0.25, 0.3) is 0 Å². The van der Waals surface area contributed by atoms with Crippen molar-refractivity contribution in [2.45, 2.75) is 18.3 Å². The topological polar surface area (TPSA) is 62.6 Å². The molecule has 5 nitrogen and oxygen atoms in total. The SMILES string of the molecule is O=C1NCC(=O)N(Cc2ccco2)[C@H]1CSCc1ccccc1. The lowest BCUT2D eigenvalue weighted by atomic mass is 10.2. The van der Waals surface area contributed by atoms with Gasteiger partial charge in [0, 0.05) is 11.5 Å². The van der Waals surface area contributed by atoms with E-state index in [1.807, 2.05) is 24.3 Å². The lowest BCUT2D eigenvalue weighted by Gasteiger charge is -2.34. The Bertz CT molecular complexity index is 658. The molecule has 3 rings (SSSR count). The van der Waals surface area contributed by atoms with E-state index in [0.29, 0.717) is 18.1 Å². The van der Waals surface area contributed by atoms with Crippen molar-refractivity contribution < 1.29 is 14.0 Å². The molecule has 6 heteroatoms. The molecule has 1 aliphatic heterocycles. The summed E-state index contributed by atoms with van der Waals surface area (Å²) in [6.07, 6.45) is 1.57. The Morgan fingerprint density at radius 3 is 2.74 bits per heavy atom. The number of carbonyl (C=O) groups is 2. The van der Waals surface area contributed by atoms with Gasteiger partial charge in [0.15, 0.2) is 0 Å². The fraction of sp³-hybridized carbons (Fsp3) is 0.294. The van der Waals surface area contributed by atoms with Crippen LogP contribution in [0.5, 0.6) is 0 Å². The molecular weight excluding hydrogens is 312 g/mol. The summed E-state index contributed by atoms with van der Waals surface area (Å²) in [4.78, 5) is 25.9. The molecule has 23 heavy (non-hydrogen) atoms. The van der Waals surface area contributed by atoms with Crippen LogP contribution in [0, 0.1) is 0 Å². The van der Waals surface area contributed by atoms with E-state index in [9.17, 15) is 9.59 Å². The maximum Gasteiger partial charge on any atom is 0.244 e. The van der Waals surface area contributed by atoms with Crippen LogP contribution in [0.15, 0.2) is 53.1 Å². The Balaban J connectivity index is 1.63. The second-order valence-electron chi connectivity index (χ2n) is 5.34. The Labute approximate surface area is 139 Å². The number of hydrogen-bond donors (Lipinski definition) is 1. The number of benzene rings is 1. The third-order valence-corrected chi connectivity index (χ3v) is 4.80. The smallest absolute Gasteiger partial charge is 0.244 e. The molecule has 0 aliphatic carbocycles. The summed E-state index contributed by atoms with van der Waals surface area (Å²) in [6.45, 7) is 0.384. The fourth-order valence-corrected chi connectivity index (χ4v) is 3.60. The van der Waals surface area contributed by atoms with Crippen LogP contribution in [-0.4, -0.2) is 35.1 Å². The monoisotopic (exact) mass is 330 g/mol. The molecule has 0 spiro atoms. The van der Waals surface area contributed by atoms with Crippen molar-refractivity contribution in [1.29, 1.82) is 0 Å². The Morgan fingerprint density at radius 2 is 2.00 bits per heavy atom. The van der Waals surface area contributed by atoms with Crippen LogP contribution in [0.4, 0.5) is 0 Å². The van der Waals surface area contributed by atoms with Gasteiger partial charge in [-0.2, -0.15) is 11.8 Å². The van der Waals surface area contributed by atoms with Crippen molar-refractivity contribution in [2.75, 3.05) is 12.3 Å². The maximum absolute atomic E-state index is 12.2. The summed E-state index contributed by atoms with van der Waals surface area (Å²) in [7, 11) is 0. The van der Waals surface area contributed by atoms with Crippen LogP contribution in [0.3, 0.4) is 0 Å². The van der Waals surface area contributed by atoms with Gasteiger partial charge < -0.3 is 14.6 Å². The van der Waals surface area contributed by atoms with Gasteiger partial charge in [-0.1, -0.05) is 30.3 Å². The summed E-state index contributed by atoms with van der Waals surface area (Å²) in [6, 6.07) is 13.2. The summed E-state index contributed by atoms with van der Waals surface area (Å²) in [5.41, 5.74) is 1.21. The number of rotatable bonds is 6. The Morgan fingerprint density at radius 1 is 1.17 bits per heavy atom. The molecule has 1 N–H and O–H groups in total. The van der Waals surface area contributed by atoms with Gasteiger partial charge in [0.05, 0.1) is 19.4 Å². The average Bonchev–Trinajstić information content (AvgIpc) is 3.08. The van der Waals surface area contributed by atoms with E-state index in [0.717, 1.165) is 5.75 Å². The second-order valence-corrected chi connectivity index (χ2v) is 6.37. The van der Waals surface area contributed by atoms with Crippen molar-refractivity contribution in [2.24, 2.45) is 0 Å². The number of piperazine rings is 1. The highest BCUT2D eigenvalue weighted by molar-refractivity contribution is 7.98. The molecule has 2 aromatic rings. The zero-order chi connectivity index (χ0) is 16.1. The van der Waals surface area contributed by atoms with E-state index >= 15 is 0 Å². The molecule has 2 amide bonds. The van der Waals surface area contributed by atoms with Crippen LogP contribution in [0.1, 0.15) is 11.3 Å². The number of carbonyl (C=O) groups excluding carboxylic acids is 2. The van der Waals surface area contributed by atoms with Crippen LogP contribution in [-0.2, 0) is 21.9 Å². The molecule has 0 bridgehead atoms. The van der Waals surface area contributed by atoms with Crippen LogP contribution >= 0.6 is 11.8 Å². The third kappa shape index (κ3) is 3.96. The molecule has 2 heterocycles. The van der Waals surface area contributed by atoms with Crippen LogP contribution in [0.2, 0.25) is 0 Å². The first kappa shape index (κ1) is 15.7. The number of furan rings is 1. The Kier molecular flexibility index (Phi) is 5.02. The molecule has 0 saturated carbocycles. The van der Waals surface area contributed by atoms with Crippen molar-refractivity contribution in [3.8, 4) is 0 Å². The lowest BCUT2D eigenvalue weighted by Crippen LogP contribution is -2.58. The highest BCUT2D eigenvalue weighted by atomic mass is 32.2. The van der Waals surface area contributed by atoms with Crippen molar-refractivity contribution in [1.82, 2.24) is 10.2 Å². The van der Waals surface area contributed by atoms with E-state index in [2.05, 4.69) is 17.4 Å². The zero-order valence-corrected chi connectivity index (χ0v) is 13.4. The second kappa shape index (κ2) is 7.37. The van der Waals surface area contributed by atoms with E-state index in [1.54, 1.807) is 29.0 Å². The van der Waals surface area contributed by atoms with Crippen LogP contribution in [0.25, 0.3) is 0 Å². The largest absolute Gasteiger partial charge is 0.467 e. The minimum Gasteiger partial charge on any atom is -0.467 e. The van der Waals surface area contributed by atoms with E-state index < -0.39 is 6.04 Å². The first-order chi connectivity index (χ1) is 11.2. The molecule has 0 unspecified atom stereocenters. The minimum atomic E-state index is -0.463. The zero-order valence-electron chi connectivity index (χ0n) is 12.6. The molecule has 120 valence electrons. The summed E-state index contributed by atoms with van der Waals surface area (Å²) in [5, 5.41) is 2.67. The summed E-state index contributed by atoms with van der Waals surface area (Å²) in [5.74, 6) is 1.88. The quantitative estimate of drug-likeness (QED) is 0.880. The predicted octanol–water partition coefficient (Wildman–Crippen LogP) is 2.04. The molecule has 1 atom stereocenters. The molecule has 1 aromatic carbocycles. The molecule has 0 radical (unpaired) electrons. The maximum atomic E-state index is 12.2. The number of hydrogen-bond acceptors (Lipinski definition) is 4. The summed E-state index contributed by atoms with van der Waals surface area (Å²) >= 11 is 1.65. The van der Waals surface area contributed by atoms with Crippen LogP contribution < -0.4 is 5.32 Å². The number of thioether (sulfide) groups is 1. The first-order valence-corrected chi connectivity index (χ1v) is 8.61. The van der Waals surface area contributed by atoms with E-state index in [-0.39, 0.29) is 18.4 Å². The third-order valence-electron chi connectivity index (χ3n) is 3.71. The fourth-order valence-electron chi connectivity index (χ4n) is 2.49. The van der Waals surface area contributed by atoms with Gasteiger partial charge in [-0.25, -0.2) is 0 Å². The van der Waals surface area contributed by atoms with E-state index in [4.69, 9.17) is 4.42 Å². The predicted molar refractivity (Wildman–Crippen MR) is 88.7 cm³/mol. The van der Waals surface area contributed by atoms with Gasteiger partial charge >= 0.3 is 0 Å². The van der Waals surface area contributed by atoms with Crippen molar-refractivity contribution in [3.63, 3.8) is 0 Å². The highest BCUT2D eigenvalue weighted by Crippen LogP contribution is 2.19. The molecule has 1 fully saturated rings. The minimum absolute atomic E-state index is 0.0550. The number of nitrogens with one attached hydrogen (secondary N) is 1. The molecule has 1 aromatic heterocycles. The highest BCUT2D eigenvalue weighted by Gasteiger charge is 2.34. The standard InChI is InChI=1S/C17H18N2O3S/c20-16-9-18-17(21)15(19(16)10-14-7-4-8-22-14)12-23-11-13-5-2-1-3-6-13/h1-8,15H,9-12H2,(H,18,21)/t15-/m0/s1.